The third-order valence-electron chi connectivity index (χ3n) is 7.18. The second-order valence-corrected chi connectivity index (χ2v) is 10.2. The van der Waals surface area contributed by atoms with E-state index in [1.807, 2.05) is 27.0 Å². The van der Waals surface area contributed by atoms with Crippen molar-refractivity contribution in [2.45, 2.75) is 32.8 Å². The number of ether oxygens (including phenoxy) is 1. The molecule has 3 aliphatic rings. The minimum atomic E-state index is 0.286. The van der Waals surface area contributed by atoms with Gasteiger partial charge in [-0.3, -0.25) is 0 Å². The normalized spacial score (nSPS) is 22.3. The van der Waals surface area contributed by atoms with Crippen LogP contribution in [0.5, 0.6) is 0 Å². The van der Waals surface area contributed by atoms with Crippen molar-refractivity contribution < 1.29 is 4.74 Å². The van der Waals surface area contributed by atoms with E-state index in [0.717, 1.165) is 79.3 Å². The van der Waals surface area contributed by atoms with Crippen LogP contribution in [0.15, 0.2) is 16.8 Å². The van der Waals surface area contributed by atoms with E-state index in [1.54, 1.807) is 11.3 Å². The van der Waals surface area contributed by atoms with Gasteiger partial charge in [-0.2, -0.15) is 4.98 Å². The van der Waals surface area contributed by atoms with Gasteiger partial charge in [0.05, 0.1) is 17.0 Å². The monoisotopic (exact) mass is 451 g/mol. The van der Waals surface area contributed by atoms with Crippen molar-refractivity contribution >= 4 is 40.0 Å². The van der Waals surface area contributed by atoms with Crippen molar-refractivity contribution in [3.63, 3.8) is 0 Å². The molecule has 0 aromatic carbocycles. The SMILES string of the molecule is COC1CN(c2nc(N3CCN(c4nc(C)cc(C)n4)CC3)c3cscc3n2)CC12CC2. The lowest BCUT2D eigenvalue weighted by molar-refractivity contribution is 0.0738. The molecule has 0 N–H and O–H groups in total. The van der Waals surface area contributed by atoms with Gasteiger partial charge in [-0.15, -0.1) is 11.3 Å². The lowest BCUT2D eigenvalue weighted by Gasteiger charge is -2.36. The summed E-state index contributed by atoms with van der Waals surface area (Å²) in [6, 6.07) is 2.02. The second-order valence-electron chi connectivity index (χ2n) is 9.41. The highest BCUT2D eigenvalue weighted by Crippen LogP contribution is 2.54. The third-order valence-corrected chi connectivity index (χ3v) is 7.91. The third kappa shape index (κ3) is 3.38. The van der Waals surface area contributed by atoms with E-state index >= 15 is 0 Å². The molecule has 8 nitrogen and oxygen atoms in total. The Hall–Kier alpha value is -2.52. The number of rotatable bonds is 4. The molecule has 6 rings (SSSR count). The van der Waals surface area contributed by atoms with Crippen LogP contribution >= 0.6 is 11.3 Å². The van der Waals surface area contributed by atoms with E-state index < -0.39 is 0 Å². The van der Waals surface area contributed by atoms with Crippen molar-refractivity contribution in [3.05, 3.63) is 28.2 Å². The fourth-order valence-electron chi connectivity index (χ4n) is 5.24. The summed E-state index contributed by atoms with van der Waals surface area (Å²) >= 11 is 1.70. The van der Waals surface area contributed by atoms with Crippen LogP contribution in [0.25, 0.3) is 10.9 Å². The zero-order chi connectivity index (χ0) is 21.9. The van der Waals surface area contributed by atoms with Gasteiger partial charge in [0.1, 0.15) is 5.82 Å². The number of fused-ring (bicyclic) bond motifs is 1. The topological polar surface area (TPSA) is 70.5 Å². The first-order chi connectivity index (χ1) is 15.5. The molecular weight excluding hydrogens is 422 g/mol. The standard InChI is InChI=1S/C23H29N7OS/c1-15-10-16(2)25-21(24-15)29-8-6-28(7-9-29)20-17-12-32-13-18(17)26-22(27-20)30-11-19(31-3)23(14-30)4-5-23/h10,12-13,19H,4-9,11,14H2,1-3H3. The van der Waals surface area contributed by atoms with Crippen molar-refractivity contribution in [1.82, 2.24) is 19.9 Å². The zero-order valence-electron chi connectivity index (χ0n) is 18.9. The minimum Gasteiger partial charge on any atom is -0.379 e. The van der Waals surface area contributed by atoms with Gasteiger partial charge in [-0.05, 0) is 32.8 Å². The van der Waals surface area contributed by atoms with E-state index in [4.69, 9.17) is 14.7 Å². The Morgan fingerprint density at radius 2 is 1.59 bits per heavy atom. The van der Waals surface area contributed by atoms with Crippen LogP contribution in [0.2, 0.25) is 0 Å². The number of thiophene rings is 1. The molecule has 5 heterocycles. The maximum absolute atomic E-state index is 5.81. The Morgan fingerprint density at radius 1 is 0.906 bits per heavy atom. The lowest BCUT2D eigenvalue weighted by Crippen LogP contribution is -2.47. The Morgan fingerprint density at radius 3 is 2.25 bits per heavy atom. The molecule has 1 spiro atoms. The van der Waals surface area contributed by atoms with Gasteiger partial charge < -0.3 is 19.4 Å². The number of methoxy groups -OCH3 is 1. The number of aryl methyl sites for hydroxylation is 2. The van der Waals surface area contributed by atoms with Gasteiger partial charge in [-0.1, -0.05) is 0 Å². The molecule has 1 saturated carbocycles. The number of anilines is 3. The molecule has 1 aliphatic carbocycles. The molecule has 1 unspecified atom stereocenters. The molecule has 2 saturated heterocycles. The first-order valence-corrected chi connectivity index (χ1v) is 12.3. The lowest BCUT2D eigenvalue weighted by atomic mass is 10.0. The first kappa shape index (κ1) is 20.1. The molecule has 3 aromatic rings. The summed E-state index contributed by atoms with van der Waals surface area (Å²) in [7, 11) is 1.83. The molecule has 32 heavy (non-hydrogen) atoms. The predicted octanol–water partition coefficient (Wildman–Crippen LogP) is 3.04. The summed E-state index contributed by atoms with van der Waals surface area (Å²) < 4.78 is 5.81. The van der Waals surface area contributed by atoms with Crippen LogP contribution in [0.1, 0.15) is 24.2 Å². The molecule has 0 radical (unpaired) electrons. The van der Waals surface area contributed by atoms with Crippen molar-refractivity contribution in [3.8, 4) is 0 Å². The minimum absolute atomic E-state index is 0.286. The van der Waals surface area contributed by atoms with Crippen LogP contribution in [0.3, 0.4) is 0 Å². The largest absolute Gasteiger partial charge is 0.379 e. The Balaban J connectivity index is 1.25. The molecule has 1 atom stereocenters. The van der Waals surface area contributed by atoms with Gasteiger partial charge >= 0.3 is 0 Å². The van der Waals surface area contributed by atoms with Gasteiger partial charge in [0.2, 0.25) is 11.9 Å². The maximum Gasteiger partial charge on any atom is 0.228 e. The van der Waals surface area contributed by atoms with Crippen LogP contribution in [-0.2, 0) is 4.74 Å². The molecule has 2 aliphatic heterocycles. The predicted molar refractivity (Wildman–Crippen MR) is 128 cm³/mol. The smallest absolute Gasteiger partial charge is 0.228 e. The van der Waals surface area contributed by atoms with Crippen molar-refractivity contribution in [2.75, 3.05) is 61.1 Å². The second kappa shape index (κ2) is 7.52. The van der Waals surface area contributed by atoms with Gasteiger partial charge in [0.15, 0.2) is 0 Å². The van der Waals surface area contributed by atoms with Crippen LogP contribution in [0, 0.1) is 19.3 Å². The molecule has 168 valence electrons. The quantitative estimate of drug-likeness (QED) is 0.600. The summed E-state index contributed by atoms with van der Waals surface area (Å²) in [6.07, 6.45) is 2.78. The van der Waals surface area contributed by atoms with Gasteiger partial charge in [-0.25, -0.2) is 15.0 Å². The molecule has 3 aromatic heterocycles. The van der Waals surface area contributed by atoms with E-state index in [0.29, 0.717) is 5.41 Å². The fourth-order valence-corrected chi connectivity index (χ4v) is 5.98. The number of piperazine rings is 1. The number of aromatic nitrogens is 4. The summed E-state index contributed by atoms with van der Waals surface area (Å²) in [4.78, 5) is 26.4. The van der Waals surface area contributed by atoms with E-state index in [2.05, 4.69) is 35.4 Å². The Labute approximate surface area is 192 Å². The summed E-state index contributed by atoms with van der Waals surface area (Å²) in [5, 5.41) is 5.47. The molecular formula is C23H29N7OS. The average Bonchev–Trinajstić information content (AvgIpc) is 3.24. The maximum atomic E-state index is 5.81. The molecule has 0 amide bonds. The first-order valence-electron chi connectivity index (χ1n) is 11.4. The van der Waals surface area contributed by atoms with Gasteiger partial charge in [0, 0.05) is 73.9 Å². The Bertz CT molecular complexity index is 1130. The van der Waals surface area contributed by atoms with Crippen molar-refractivity contribution in [1.29, 1.82) is 0 Å². The molecule has 0 bridgehead atoms. The summed E-state index contributed by atoms with van der Waals surface area (Å²) in [6.45, 7) is 9.48. The fraction of sp³-hybridized carbons (Fsp3) is 0.565. The van der Waals surface area contributed by atoms with Crippen molar-refractivity contribution in [2.24, 2.45) is 5.41 Å². The molecule has 3 fully saturated rings. The summed E-state index contributed by atoms with van der Waals surface area (Å²) in [5.41, 5.74) is 3.40. The van der Waals surface area contributed by atoms with Crippen LogP contribution in [0.4, 0.5) is 17.7 Å². The van der Waals surface area contributed by atoms with Gasteiger partial charge in [0.25, 0.3) is 0 Å². The van der Waals surface area contributed by atoms with E-state index in [1.165, 1.54) is 12.8 Å². The zero-order valence-corrected chi connectivity index (χ0v) is 19.7. The van der Waals surface area contributed by atoms with Crippen LogP contribution in [-0.4, -0.2) is 72.4 Å². The Kier molecular flexibility index (Phi) is 4.73. The molecule has 9 heteroatoms. The van der Waals surface area contributed by atoms with E-state index in [-0.39, 0.29) is 6.10 Å². The average molecular weight is 452 g/mol. The number of hydrogen-bond acceptors (Lipinski definition) is 9. The number of hydrogen-bond donors (Lipinski definition) is 0. The highest BCUT2D eigenvalue weighted by Gasteiger charge is 2.56. The van der Waals surface area contributed by atoms with E-state index in [9.17, 15) is 0 Å². The highest BCUT2D eigenvalue weighted by atomic mass is 32.1. The summed E-state index contributed by atoms with van der Waals surface area (Å²) in [5.74, 6) is 2.73. The highest BCUT2D eigenvalue weighted by molar-refractivity contribution is 7.09. The number of nitrogens with zero attached hydrogens (tertiary/aromatic N) is 7. The van der Waals surface area contributed by atoms with Crippen LogP contribution < -0.4 is 14.7 Å².